The molecular weight excluding hydrogens is 416 g/mol. The topological polar surface area (TPSA) is 119 Å². The molecule has 172 valence electrons. The van der Waals surface area contributed by atoms with Gasteiger partial charge in [0.15, 0.2) is 11.6 Å². The Balaban J connectivity index is 0.00000272. The van der Waals surface area contributed by atoms with Crippen molar-refractivity contribution in [2.24, 2.45) is 17.6 Å². The number of hydrogen-bond donors (Lipinski definition) is 3. The van der Waals surface area contributed by atoms with Gasteiger partial charge >= 0.3 is 5.91 Å². The quantitative estimate of drug-likeness (QED) is 0.574. The maximum atomic E-state index is 13.9. The van der Waals surface area contributed by atoms with E-state index in [1.54, 1.807) is 6.07 Å². The fourth-order valence-corrected chi connectivity index (χ4v) is 6.30. The third kappa shape index (κ3) is 4.08. The monoisotopic (exact) mass is 451 g/mol. The number of halogens is 1. The van der Waals surface area contributed by atoms with Gasteiger partial charge in [-0.2, -0.15) is 0 Å². The number of anilines is 1. The molecule has 5 N–H and O–H groups in total. The van der Waals surface area contributed by atoms with E-state index in [9.17, 15) is 14.7 Å². The van der Waals surface area contributed by atoms with Crippen LogP contribution in [0.2, 0.25) is 0 Å². The SMILES string of the molecule is Cc1nc(N)ccc1C[N+]1(C(=O)[C@H](O)CC2CCCCC2)CCC[C@@H]2C[C@@]21C(N)=O.Cl. The second-order valence-electron chi connectivity index (χ2n) is 9.76. The molecule has 8 heteroatoms. The van der Waals surface area contributed by atoms with Crippen molar-refractivity contribution in [1.29, 1.82) is 0 Å². The summed E-state index contributed by atoms with van der Waals surface area (Å²) >= 11 is 0. The number of primary amides is 1. The molecule has 2 amide bonds. The molecule has 31 heavy (non-hydrogen) atoms. The van der Waals surface area contributed by atoms with Crippen LogP contribution in [0.25, 0.3) is 0 Å². The lowest BCUT2D eigenvalue weighted by Crippen LogP contribution is -2.69. The first-order valence-corrected chi connectivity index (χ1v) is 11.4. The Labute approximate surface area is 190 Å². The Kier molecular flexibility index (Phi) is 6.99. The Morgan fingerprint density at radius 2 is 1.94 bits per heavy atom. The number of quaternary nitrogens is 1. The molecule has 7 nitrogen and oxygen atoms in total. The molecule has 0 spiro atoms. The molecule has 2 saturated carbocycles. The van der Waals surface area contributed by atoms with Crippen LogP contribution in [0.15, 0.2) is 12.1 Å². The van der Waals surface area contributed by atoms with Crippen LogP contribution in [-0.2, 0) is 16.1 Å². The minimum atomic E-state index is -1.06. The lowest BCUT2D eigenvalue weighted by molar-refractivity contribution is -0.901. The highest BCUT2D eigenvalue weighted by Gasteiger charge is 2.76. The summed E-state index contributed by atoms with van der Waals surface area (Å²) in [6.45, 7) is 2.74. The van der Waals surface area contributed by atoms with Crippen LogP contribution in [0.1, 0.15) is 69.0 Å². The predicted octanol–water partition coefficient (Wildman–Crippen LogP) is 2.61. The van der Waals surface area contributed by atoms with Gasteiger partial charge in [-0.1, -0.05) is 32.1 Å². The van der Waals surface area contributed by atoms with E-state index >= 15 is 0 Å². The summed E-state index contributed by atoms with van der Waals surface area (Å²) in [5.74, 6) is 0.280. The largest absolute Gasteiger partial charge is 0.384 e. The maximum absolute atomic E-state index is 13.9. The molecule has 4 rings (SSSR count). The van der Waals surface area contributed by atoms with Crippen molar-refractivity contribution in [2.75, 3.05) is 12.3 Å². The van der Waals surface area contributed by atoms with Gasteiger partial charge in [-0.3, -0.25) is 4.79 Å². The third-order valence-corrected chi connectivity index (χ3v) is 8.00. The molecule has 2 heterocycles. The normalized spacial score (nSPS) is 31.2. The van der Waals surface area contributed by atoms with Crippen LogP contribution in [0, 0.1) is 18.8 Å². The van der Waals surface area contributed by atoms with E-state index in [2.05, 4.69) is 4.98 Å². The van der Waals surface area contributed by atoms with E-state index in [1.807, 2.05) is 13.0 Å². The highest BCUT2D eigenvalue weighted by atomic mass is 35.5. The van der Waals surface area contributed by atoms with E-state index in [4.69, 9.17) is 11.5 Å². The first-order valence-electron chi connectivity index (χ1n) is 11.4. The highest BCUT2D eigenvalue weighted by molar-refractivity contribution is 5.90. The molecule has 3 aliphatic rings. The van der Waals surface area contributed by atoms with Gasteiger partial charge in [-0.25, -0.2) is 14.3 Å². The maximum Gasteiger partial charge on any atom is 0.343 e. The number of fused-ring (bicyclic) bond motifs is 1. The van der Waals surface area contributed by atoms with Gasteiger partial charge in [-0.05, 0) is 44.2 Å². The summed E-state index contributed by atoms with van der Waals surface area (Å²) < 4.78 is -0.0622. The number of nitrogens with two attached hydrogens (primary N) is 2. The summed E-state index contributed by atoms with van der Waals surface area (Å²) in [5, 5.41) is 11.1. The highest BCUT2D eigenvalue weighted by Crippen LogP contribution is 2.59. The smallest absolute Gasteiger partial charge is 0.343 e. The predicted molar refractivity (Wildman–Crippen MR) is 121 cm³/mol. The van der Waals surface area contributed by atoms with E-state index in [-0.39, 0.29) is 28.7 Å². The van der Waals surface area contributed by atoms with Gasteiger partial charge in [0, 0.05) is 23.6 Å². The van der Waals surface area contributed by atoms with Crippen molar-refractivity contribution in [3.05, 3.63) is 23.4 Å². The van der Waals surface area contributed by atoms with Crippen LogP contribution >= 0.6 is 12.4 Å². The summed E-state index contributed by atoms with van der Waals surface area (Å²) in [6, 6.07) is 3.62. The van der Waals surface area contributed by atoms with Gasteiger partial charge in [0.05, 0.1) is 6.54 Å². The fourth-order valence-electron chi connectivity index (χ4n) is 6.30. The number of carbonyl (C=O) groups excluding carboxylic acids is 2. The molecule has 2 aliphatic carbocycles. The Morgan fingerprint density at radius 3 is 2.58 bits per heavy atom. The number of rotatable bonds is 6. The zero-order valence-corrected chi connectivity index (χ0v) is 19.2. The number of aromatic nitrogens is 1. The second-order valence-corrected chi connectivity index (χ2v) is 9.76. The van der Waals surface area contributed by atoms with Gasteiger partial charge in [0.1, 0.15) is 12.4 Å². The van der Waals surface area contributed by atoms with Gasteiger partial charge in [0.25, 0.3) is 5.91 Å². The molecule has 4 atom stereocenters. The number of likely N-dealkylation sites (tertiary alicyclic amines) is 1. The lowest BCUT2D eigenvalue weighted by Gasteiger charge is -2.46. The Hall–Kier alpha value is -1.70. The zero-order valence-electron chi connectivity index (χ0n) is 18.4. The van der Waals surface area contributed by atoms with Crippen molar-refractivity contribution in [3.63, 3.8) is 0 Å². The molecule has 1 saturated heterocycles. The number of piperidine rings is 1. The number of carbonyl (C=O) groups is 2. The Bertz CT molecular complexity index is 844. The average molecular weight is 452 g/mol. The fraction of sp³-hybridized carbons (Fsp3) is 0.696. The number of hydrogen-bond acceptors (Lipinski definition) is 5. The van der Waals surface area contributed by atoms with Crippen LogP contribution in [0.5, 0.6) is 0 Å². The van der Waals surface area contributed by atoms with Gasteiger partial charge in [0.2, 0.25) is 0 Å². The molecule has 0 bridgehead atoms. The minimum absolute atomic E-state index is 0. The molecule has 3 fully saturated rings. The Morgan fingerprint density at radius 1 is 1.23 bits per heavy atom. The van der Waals surface area contributed by atoms with Crippen LogP contribution in [-0.4, -0.2) is 44.6 Å². The van der Waals surface area contributed by atoms with Crippen molar-refractivity contribution in [1.82, 2.24) is 4.98 Å². The lowest BCUT2D eigenvalue weighted by atomic mass is 9.84. The van der Waals surface area contributed by atoms with E-state index in [1.165, 1.54) is 6.42 Å². The standard InChI is InChI=1S/C23H34N4O3.ClH/c1-15-17(9-10-20(24)26-15)14-27(11-5-8-18-13-23(18,27)22(25)30)21(29)19(28)12-16-6-3-2-4-7-16;/h9-10,16,18-19,28H,2-8,11-14H2,1H3,(H3-,24,25,26,30);1H/p+1/t18-,19-,23+,27?;/m1./s1. The number of aryl methyl sites for hydroxylation is 1. The summed E-state index contributed by atoms with van der Waals surface area (Å²) in [4.78, 5) is 31.0. The molecule has 1 aromatic heterocycles. The first-order chi connectivity index (χ1) is 14.3. The number of pyridine rings is 1. The molecule has 1 aromatic rings. The van der Waals surface area contributed by atoms with Crippen molar-refractivity contribution in [2.45, 2.75) is 82.9 Å². The molecule has 1 aliphatic heterocycles. The number of aliphatic hydroxyl groups excluding tert-OH is 1. The van der Waals surface area contributed by atoms with E-state index < -0.39 is 17.6 Å². The van der Waals surface area contributed by atoms with E-state index in [0.717, 1.165) is 49.8 Å². The summed E-state index contributed by atoms with van der Waals surface area (Å²) in [6.07, 6.45) is 7.50. The number of aliphatic hydroxyl groups is 1. The molecular formula is C23H36ClN4O3+. The number of nitrogen functional groups attached to an aromatic ring is 1. The molecule has 1 unspecified atom stereocenters. The van der Waals surface area contributed by atoms with E-state index in [0.29, 0.717) is 37.7 Å². The molecule has 0 radical (unpaired) electrons. The van der Waals surface area contributed by atoms with Crippen LogP contribution in [0.4, 0.5) is 5.82 Å². The number of nitrogens with zero attached hydrogens (tertiary/aromatic N) is 2. The zero-order chi connectivity index (χ0) is 21.5. The third-order valence-electron chi connectivity index (χ3n) is 8.00. The summed E-state index contributed by atoms with van der Waals surface area (Å²) in [5.41, 5.74) is 12.5. The summed E-state index contributed by atoms with van der Waals surface area (Å²) in [7, 11) is 0. The average Bonchev–Trinajstić information content (AvgIpc) is 3.47. The van der Waals surface area contributed by atoms with Crippen LogP contribution < -0.4 is 11.5 Å². The number of amides is 2. The second kappa shape index (κ2) is 9.04. The van der Waals surface area contributed by atoms with Gasteiger partial charge in [-0.15, -0.1) is 12.4 Å². The van der Waals surface area contributed by atoms with Crippen molar-refractivity contribution < 1.29 is 19.2 Å². The van der Waals surface area contributed by atoms with Crippen molar-refractivity contribution >= 4 is 30.0 Å². The van der Waals surface area contributed by atoms with Gasteiger partial charge < -0.3 is 16.6 Å². The molecule has 0 aromatic carbocycles. The van der Waals surface area contributed by atoms with Crippen LogP contribution in [0.3, 0.4) is 0 Å². The minimum Gasteiger partial charge on any atom is -0.384 e. The first kappa shape index (κ1) is 24.0. The van der Waals surface area contributed by atoms with Crippen molar-refractivity contribution in [3.8, 4) is 0 Å².